The number of hydrogen-bond donors (Lipinski definition) is 1. The third kappa shape index (κ3) is 4.67. The molecule has 1 unspecified atom stereocenters. The molecule has 1 N–H and O–H groups in total. The first-order chi connectivity index (χ1) is 16.2. The van der Waals surface area contributed by atoms with Gasteiger partial charge in [0.2, 0.25) is 5.91 Å². The Labute approximate surface area is 194 Å². The number of hydrogen-bond acceptors (Lipinski definition) is 7. The highest BCUT2D eigenvalue weighted by molar-refractivity contribution is 5.91. The minimum absolute atomic E-state index is 0.0684. The molecule has 2 aromatic heterocycles. The number of anilines is 1. The first-order valence-electron chi connectivity index (χ1n) is 11.7. The molecule has 0 bridgehead atoms. The van der Waals surface area contributed by atoms with Crippen LogP contribution >= 0.6 is 0 Å². The average Bonchev–Trinajstić information content (AvgIpc) is 3.39. The second-order valence-corrected chi connectivity index (χ2v) is 8.68. The number of aromatic nitrogens is 3. The predicted molar refractivity (Wildman–Crippen MR) is 127 cm³/mol. The number of fused-ring (bicyclic) bond motifs is 1. The molecule has 33 heavy (non-hydrogen) atoms. The number of rotatable bonds is 6. The molecule has 1 amide bonds. The fourth-order valence-corrected chi connectivity index (χ4v) is 4.74. The monoisotopic (exact) mass is 446 g/mol. The van der Waals surface area contributed by atoms with Crippen LogP contribution in [0, 0.1) is 6.92 Å². The van der Waals surface area contributed by atoms with E-state index in [1.165, 1.54) is 12.8 Å². The van der Waals surface area contributed by atoms with E-state index in [1.807, 2.05) is 12.1 Å². The molecular weight excluding hydrogens is 416 g/mol. The van der Waals surface area contributed by atoms with E-state index < -0.39 is 6.04 Å². The van der Waals surface area contributed by atoms with Crippen LogP contribution in [-0.4, -0.2) is 65.2 Å². The highest BCUT2D eigenvalue weighted by Gasteiger charge is 2.29. The zero-order valence-corrected chi connectivity index (χ0v) is 19.0. The lowest BCUT2D eigenvalue weighted by Gasteiger charge is -2.33. The summed E-state index contributed by atoms with van der Waals surface area (Å²) in [6, 6.07) is 9.63. The van der Waals surface area contributed by atoms with Crippen molar-refractivity contribution in [2.75, 3.05) is 44.3 Å². The summed E-state index contributed by atoms with van der Waals surface area (Å²) >= 11 is 0. The second-order valence-electron chi connectivity index (χ2n) is 8.68. The zero-order valence-electron chi connectivity index (χ0n) is 19.0. The van der Waals surface area contributed by atoms with Crippen LogP contribution in [0.5, 0.6) is 0 Å². The summed E-state index contributed by atoms with van der Waals surface area (Å²) in [6.45, 7) is 7.02. The molecule has 5 rings (SSSR count). The molecule has 2 aliphatic rings. The molecular formula is C25H30N6O2. The van der Waals surface area contributed by atoms with Crippen LogP contribution in [0.1, 0.15) is 35.8 Å². The molecule has 3 aromatic rings. The first kappa shape index (κ1) is 21.7. The van der Waals surface area contributed by atoms with Crippen LogP contribution in [0.15, 0.2) is 42.7 Å². The number of nitrogens with one attached hydrogen (secondary N) is 1. The van der Waals surface area contributed by atoms with Gasteiger partial charge in [0.15, 0.2) is 5.82 Å². The number of carbonyl (C=O) groups excluding carboxylic acids is 1. The number of benzene rings is 1. The fraction of sp³-hybridized carbons (Fsp3) is 0.440. The number of carbonyl (C=O) groups is 1. The molecule has 8 nitrogen and oxygen atoms in total. The number of nitrogens with zero attached hydrogens (tertiary/aromatic N) is 5. The summed E-state index contributed by atoms with van der Waals surface area (Å²) in [7, 11) is 0. The van der Waals surface area contributed by atoms with Crippen molar-refractivity contribution in [1.29, 1.82) is 0 Å². The summed E-state index contributed by atoms with van der Waals surface area (Å²) in [4.78, 5) is 31.8. The summed E-state index contributed by atoms with van der Waals surface area (Å²) in [5, 5.41) is 4.18. The average molecular weight is 447 g/mol. The number of pyridine rings is 1. The van der Waals surface area contributed by atoms with Crippen LogP contribution in [-0.2, 0) is 16.1 Å². The van der Waals surface area contributed by atoms with Crippen molar-refractivity contribution >= 4 is 22.6 Å². The van der Waals surface area contributed by atoms with Gasteiger partial charge in [-0.3, -0.25) is 14.7 Å². The molecule has 1 aromatic carbocycles. The lowest BCUT2D eigenvalue weighted by Crippen LogP contribution is -2.45. The van der Waals surface area contributed by atoms with Gasteiger partial charge in [0.25, 0.3) is 0 Å². The number of para-hydroxylation sites is 1. The van der Waals surface area contributed by atoms with Crippen LogP contribution in [0.3, 0.4) is 0 Å². The Kier molecular flexibility index (Phi) is 6.46. The maximum Gasteiger partial charge on any atom is 0.242 e. The molecule has 2 aliphatic heterocycles. The van der Waals surface area contributed by atoms with Gasteiger partial charge in [0.05, 0.1) is 25.3 Å². The molecule has 172 valence electrons. The van der Waals surface area contributed by atoms with Gasteiger partial charge < -0.3 is 15.0 Å². The Bertz CT molecular complexity index is 1110. The minimum Gasteiger partial charge on any atom is -0.379 e. The molecule has 2 fully saturated rings. The fourth-order valence-electron chi connectivity index (χ4n) is 4.74. The number of ether oxygens (including phenoxy) is 1. The molecule has 8 heteroatoms. The normalized spacial score (nSPS) is 17.9. The highest BCUT2D eigenvalue weighted by Crippen LogP contribution is 2.28. The topological polar surface area (TPSA) is 83.5 Å². The maximum absolute atomic E-state index is 13.4. The molecule has 0 radical (unpaired) electrons. The quantitative estimate of drug-likeness (QED) is 0.623. The minimum atomic E-state index is -0.414. The zero-order chi connectivity index (χ0) is 22.6. The van der Waals surface area contributed by atoms with Crippen molar-refractivity contribution in [3.8, 4) is 0 Å². The van der Waals surface area contributed by atoms with E-state index >= 15 is 0 Å². The Morgan fingerprint density at radius 3 is 2.67 bits per heavy atom. The van der Waals surface area contributed by atoms with Gasteiger partial charge in [-0.1, -0.05) is 18.2 Å². The standard InChI is InChI=1S/C25H30N6O2/c1-18-6-4-8-20-22(18)28-21(29-24(20)31-10-2-3-11-31)17-27-25(32)23(19-7-5-9-26-16-19)30-12-14-33-15-13-30/h4-9,16,23H,2-3,10-15,17H2,1H3,(H,27,32). The summed E-state index contributed by atoms with van der Waals surface area (Å²) in [5.74, 6) is 1.54. The van der Waals surface area contributed by atoms with Crippen molar-refractivity contribution in [1.82, 2.24) is 25.2 Å². The van der Waals surface area contributed by atoms with Crippen molar-refractivity contribution in [2.45, 2.75) is 32.4 Å². The third-order valence-electron chi connectivity index (χ3n) is 6.44. The van der Waals surface area contributed by atoms with Gasteiger partial charge in [-0.05, 0) is 43.0 Å². The van der Waals surface area contributed by atoms with E-state index in [4.69, 9.17) is 14.7 Å². The van der Waals surface area contributed by atoms with Gasteiger partial charge in [-0.2, -0.15) is 0 Å². The highest BCUT2D eigenvalue weighted by atomic mass is 16.5. The lowest BCUT2D eigenvalue weighted by atomic mass is 10.1. The number of amides is 1. The van der Waals surface area contributed by atoms with E-state index in [9.17, 15) is 4.79 Å². The van der Waals surface area contributed by atoms with Crippen LogP contribution in [0.25, 0.3) is 10.9 Å². The Balaban J connectivity index is 1.41. The van der Waals surface area contributed by atoms with Gasteiger partial charge in [-0.15, -0.1) is 0 Å². The Hall–Kier alpha value is -3.10. The van der Waals surface area contributed by atoms with Gasteiger partial charge in [-0.25, -0.2) is 9.97 Å². The van der Waals surface area contributed by atoms with E-state index in [1.54, 1.807) is 12.4 Å². The Morgan fingerprint density at radius 2 is 1.91 bits per heavy atom. The van der Waals surface area contributed by atoms with E-state index in [-0.39, 0.29) is 12.5 Å². The van der Waals surface area contributed by atoms with Gasteiger partial charge in [0, 0.05) is 44.0 Å². The predicted octanol–water partition coefficient (Wildman–Crippen LogP) is 2.62. The lowest BCUT2D eigenvalue weighted by molar-refractivity contribution is -0.128. The van der Waals surface area contributed by atoms with Crippen molar-refractivity contribution in [3.05, 3.63) is 59.7 Å². The van der Waals surface area contributed by atoms with Crippen molar-refractivity contribution in [2.24, 2.45) is 0 Å². The summed E-state index contributed by atoms with van der Waals surface area (Å²) in [5.41, 5.74) is 2.95. The molecule has 1 atom stereocenters. The molecule has 4 heterocycles. The van der Waals surface area contributed by atoms with E-state index in [2.05, 4.69) is 45.2 Å². The molecule has 2 saturated heterocycles. The largest absolute Gasteiger partial charge is 0.379 e. The smallest absolute Gasteiger partial charge is 0.242 e. The van der Waals surface area contributed by atoms with E-state index in [0.29, 0.717) is 32.1 Å². The summed E-state index contributed by atoms with van der Waals surface area (Å²) in [6.07, 6.45) is 5.84. The first-order valence-corrected chi connectivity index (χ1v) is 11.7. The molecule has 0 aliphatic carbocycles. The molecule has 0 saturated carbocycles. The Morgan fingerprint density at radius 1 is 1.09 bits per heavy atom. The van der Waals surface area contributed by atoms with Crippen molar-refractivity contribution in [3.63, 3.8) is 0 Å². The second kappa shape index (κ2) is 9.80. The molecule has 0 spiro atoms. The number of morpholine rings is 1. The van der Waals surface area contributed by atoms with Crippen LogP contribution in [0.2, 0.25) is 0 Å². The van der Waals surface area contributed by atoms with Gasteiger partial charge in [0.1, 0.15) is 11.9 Å². The van der Waals surface area contributed by atoms with Crippen molar-refractivity contribution < 1.29 is 9.53 Å². The van der Waals surface area contributed by atoms with Gasteiger partial charge >= 0.3 is 0 Å². The van der Waals surface area contributed by atoms with E-state index in [0.717, 1.165) is 40.9 Å². The van der Waals surface area contributed by atoms with Crippen LogP contribution in [0.4, 0.5) is 5.82 Å². The summed E-state index contributed by atoms with van der Waals surface area (Å²) < 4.78 is 5.50. The van der Waals surface area contributed by atoms with Crippen LogP contribution < -0.4 is 10.2 Å². The number of aryl methyl sites for hydroxylation is 1. The maximum atomic E-state index is 13.4. The third-order valence-corrected chi connectivity index (χ3v) is 6.44. The SMILES string of the molecule is Cc1cccc2c(N3CCCC3)nc(CNC(=O)C(c3cccnc3)N3CCOCC3)nc12.